The topological polar surface area (TPSA) is 111 Å². The van der Waals surface area contributed by atoms with Crippen LogP contribution in [0, 0.1) is 6.92 Å². The molecule has 2 rings (SSSR count). The number of benzene rings is 1. The molecule has 4 N–H and O–H groups in total. The van der Waals surface area contributed by atoms with E-state index in [1.165, 1.54) is 12.7 Å². The molecule has 1 heterocycles. The van der Waals surface area contributed by atoms with Gasteiger partial charge in [-0.05, 0) is 48.9 Å². The zero-order valence-electron chi connectivity index (χ0n) is 14.1. The number of likely N-dealkylation sites (tertiary alicyclic amines) is 1. The third-order valence-corrected chi connectivity index (χ3v) is 4.30. The molecule has 0 aliphatic carbocycles. The van der Waals surface area contributed by atoms with E-state index in [2.05, 4.69) is 4.99 Å². The third-order valence-electron chi connectivity index (χ3n) is 4.30. The molecule has 1 aliphatic rings. The Labute approximate surface area is 141 Å². The number of guanidine groups is 1. The summed E-state index contributed by atoms with van der Waals surface area (Å²) in [6.45, 7) is 3.55. The van der Waals surface area contributed by atoms with E-state index >= 15 is 0 Å². The molecule has 24 heavy (non-hydrogen) atoms. The van der Waals surface area contributed by atoms with Crippen LogP contribution in [0.3, 0.4) is 0 Å². The number of hydrogen-bond donors (Lipinski definition) is 2. The fraction of sp³-hybridized carbons (Fsp3) is 0.471. The Morgan fingerprint density at radius 3 is 2.50 bits per heavy atom. The second kappa shape index (κ2) is 7.92. The summed E-state index contributed by atoms with van der Waals surface area (Å²) in [7, 11) is 1.53. The zero-order chi connectivity index (χ0) is 17.7. The summed E-state index contributed by atoms with van der Waals surface area (Å²) < 4.78 is 4.90. The number of carbonyl (C=O) groups excluding carboxylic acids is 2. The molecule has 0 atom stereocenters. The number of methoxy groups -OCH3 is 1. The Morgan fingerprint density at radius 2 is 1.96 bits per heavy atom. The number of ether oxygens (including phenoxy) is 1. The zero-order valence-corrected chi connectivity index (χ0v) is 14.1. The van der Waals surface area contributed by atoms with Crippen LogP contribution in [-0.2, 0) is 9.53 Å². The van der Waals surface area contributed by atoms with Gasteiger partial charge in [-0.3, -0.25) is 9.59 Å². The minimum atomic E-state index is -0.440. The van der Waals surface area contributed by atoms with Crippen molar-refractivity contribution in [2.45, 2.75) is 25.7 Å². The molecular formula is C17H24N4O3. The van der Waals surface area contributed by atoms with Gasteiger partial charge in [0.25, 0.3) is 5.91 Å². The highest BCUT2D eigenvalue weighted by atomic mass is 16.5. The molecule has 0 unspecified atom stereocenters. The summed E-state index contributed by atoms with van der Waals surface area (Å²) in [5.74, 6) is -0.269. The van der Waals surface area contributed by atoms with Crippen LogP contribution in [0.5, 0.6) is 0 Å². The van der Waals surface area contributed by atoms with Crippen molar-refractivity contribution in [2.75, 3.05) is 26.8 Å². The van der Waals surface area contributed by atoms with Crippen molar-refractivity contribution >= 4 is 17.8 Å². The molecule has 1 aromatic carbocycles. The molecule has 1 aliphatic heterocycles. The van der Waals surface area contributed by atoms with Gasteiger partial charge in [-0.25, -0.2) is 0 Å². The number of aryl methyl sites for hydroxylation is 1. The number of amides is 2. The van der Waals surface area contributed by atoms with Gasteiger partial charge in [0.15, 0.2) is 5.96 Å². The fourth-order valence-corrected chi connectivity index (χ4v) is 3.10. The van der Waals surface area contributed by atoms with E-state index in [0.717, 1.165) is 31.5 Å². The Balaban J connectivity index is 2.05. The van der Waals surface area contributed by atoms with Gasteiger partial charge in [0.2, 0.25) is 5.91 Å². The predicted octanol–water partition coefficient (Wildman–Crippen LogP) is 0.761. The summed E-state index contributed by atoms with van der Waals surface area (Å²) in [6.07, 6.45) is 1.80. The second-order valence-electron chi connectivity index (χ2n) is 6.00. The first-order valence-corrected chi connectivity index (χ1v) is 7.93. The molecule has 0 aromatic heterocycles. The average molecular weight is 332 g/mol. The van der Waals surface area contributed by atoms with Crippen LogP contribution in [0.25, 0.3) is 0 Å². The fourth-order valence-electron chi connectivity index (χ4n) is 3.10. The normalized spacial score (nSPS) is 15.2. The van der Waals surface area contributed by atoms with Crippen molar-refractivity contribution in [2.24, 2.45) is 16.5 Å². The van der Waals surface area contributed by atoms with E-state index < -0.39 is 5.91 Å². The number of rotatable bonds is 4. The van der Waals surface area contributed by atoms with E-state index in [9.17, 15) is 9.59 Å². The number of hydrogen-bond acceptors (Lipinski definition) is 3. The minimum absolute atomic E-state index is 0.0332. The quantitative estimate of drug-likeness (QED) is 0.624. The minimum Gasteiger partial charge on any atom is -0.375 e. The first-order valence-electron chi connectivity index (χ1n) is 7.93. The monoisotopic (exact) mass is 332 g/mol. The van der Waals surface area contributed by atoms with Crippen LogP contribution < -0.4 is 11.5 Å². The van der Waals surface area contributed by atoms with Crippen molar-refractivity contribution < 1.29 is 14.3 Å². The van der Waals surface area contributed by atoms with Crippen LogP contribution in [0.15, 0.2) is 23.2 Å². The van der Waals surface area contributed by atoms with E-state index in [1.54, 1.807) is 6.07 Å². The summed E-state index contributed by atoms with van der Waals surface area (Å²) in [6, 6.07) is 5.52. The van der Waals surface area contributed by atoms with Gasteiger partial charge in [-0.15, -0.1) is 0 Å². The Morgan fingerprint density at radius 1 is 1.29 bits per heavy atom. The first kappa shape index (κ1) is 17.9. The lowest BCUT2D eigenvalue weighted by atomic mass is 9.86. The van der Waals surface area contributed by atoms with E-state index in [1.807, 2.05) is 24.0 Å². The van der Waals surface area contributed by atoms with Gasteiger partial charge in [0.1, 0.15) is 6.61 Å². The Bertz CT molecular complexity index is 645. The van der Waals surface area contributed by atoms with E-state index in [-0.39, 0.29) is 18.5 Å². The molecule has 0 bridgehead atoms. The van der Waals surface area contributed by atoms with Gasteiger partial charge < -0.3 is 21.1 Å². The van der Waals surface area contributed by atoms with Crippen molar-refractivity contribution in [3.63, 3.8) is 0 Å². The van der Waals surface area contributed by atoms with Gasteiger partial charge in [0, 0.05) is 25.8 Å². The SMILES string of the molecule is COCC(=O)N1CCC(c2ccc(C(=O)N=C(N)N)cc2C)CC1. The van der Waals surface area contributed by atoms with Crippen LogP contribution >= 0.6 is 0 Å². The molecule has 0 saturated carbocycles. The lowest BCUT2D eigenvalue weighted by molar-refractivity contribution is -0.136. The molecule has 7 heteroatoms. The van der Waals surface area contributed by atoms with Gasteiger partial charge in [-0.1, -0.05) is 6.07 Å². The number of piperidine rings is 1. The van der Waals surface area contributed by atoms with Gasteiger partial charge >= 0.3 is 0 Å². The summed E-state index contributed by atoms with van der Waals surface area (Å²) in [5.41, 5.74) is 13.2. The van der Waals surface area contributed by atoms with Crippen LogP contribution in [0.1, 0.15) is 40.2 Å². The van der Waals surface area contributed by atoms with Crippen LogP contribution in [0.4, 0.5) is 0 Å². The van der Waals surface area contributed by atoms with E-state index in [4.69, 9.17) is 16.2 Å². The largest absolute Gasteiger partial charge is 0.375 e. The van der Waals surface area contributed by atoms with Crippen molar-refractivity contribution in [1.29, 1.82) is 0 Å². The number of aliphatic imine (C=N–C) groups is 1. The number of nitrogens with zero attached hydrogens (tertiary/aromatic N) is 2. The van der Waals surface area contributed by atoms with Crippen LogP contribution in [-0.4, -0.2) is 49.5 Å². The smallest absolute Gasteiger partial charge is 0.280 e. The highest BCUT2D eigenvalue weighted by Gasteiger charge is 2.24. The molecule has 1 saturated heterocycles. The molecule has 7 nitrogen and oxygen atoms in total. The lowest BCUT2D eigenvalue weighted by Gasteiger charge is -2.32. The van der Waals surface area contributed by atoms with Gasteiger partial charge in [0.05, 0.1) is 0 Å². The predicted molar refractivity (Wildman–Crippen MR) is 91.8 cm³/mol. The van der Waals surface area contributed by atoms with Gasteiger partial charge in [-0.2, -0.15) is 4.99 Å². The third kappa shape index (κ3) is 4.32. The lowest BCUT2D eigenvalue weighted by Crippen LogP contribution is -2.39. The summed E-state index contributed by atoms with van der Waals surface area (Å²) >= 11 is 0. The maximum atomic E-state index is 11.9. The molecule has 0 radical (unpaired) electrons. The summed E-state index contributed by atoms with van der Waals surface area (Å²) in [4.78, 5) is 29.1. The van der Waals surface area contributed by atoms with Crippen molar-refractivity contribution in [3.8, 4) is 0 Å². The summed E-state index contributed by atoms with van der Waals surface area (Å²) in [5, 5.41) is 0. The van der Waals surface area contributed by atoms with Crippen LogP contribution in [0.2, 0.25) is 0 Å². The second-order valence-corrected chi connectivity index (χ2v) is 6.00. The standard InChI is InChI=1S/C17H24N4O3/c1-11-9-13(16(23)20-17(18)19)3-4-14(11)12-5-7-21(8-6-12)15(22)10-24-2/h3-4,9,12H,5-8,10H2,1-2H3,(H4,18,19,20,23). The first-order chi connectivity index (χ1) is 11.4. The number of nitrogens with two attached hydrogens (primary N) is 2. The van der Waals surface area contributed by atoms with Crippen molar-refractivity contribution in [1.82, 2.24) is 4.90 Å². The average Bonchev–Trinajstić information content (AvgIpc) is 2.54. The maximum absolute atomic E-state index is 11.9. The Hall–Kier alpha value is -2.41. The number of carbonyl (C=O) groups is 2. The highest BCUT2D eigenvalue weighted by molar-refractivity contribution is 6.02. The Kier molecular flexibility index (Phi) is 5.92. The molecule has 1 aromatic rings. The molecule has 1 fully saturated rings. The highest BCUT2D eigenvalue weighted by Crippen LogP contribution is 2.30. The van der Waals surface area contributed by atoms with E-state index in [0.29, 0.717) is 11.5 Å². The molecule has 2 amide bonds. The molecule has 0 spiro atoms. The molecular weight excluding hydrogens is 308 g/mol. The van der Waals surface area contributed by atoms with Crippen molar-refractivity contribution in [3.05, 3.63) is 34.9 Å². The molecule has 130 valence electrons. The maximum Gasteiger partial charge on any atom is 0.280 e.